The third kappa shape index (κ3) is 3.58. The summed E-state index contributed by atoms with van der Waals surface area (Å²) in [6, 6.07) is 51.8. The molecule has 1 aromatic heterocycles. The third-order valence-corrected chi connectivity index (χ3v) is 9.26. The van der Waals surface area contributed by atoms with Gasteiger partial charge in [0.15, 0.2) is 0 Å². The topological polar surface area (TPSA) is 4.93 Å². The van der Waals surface area contributed by atoms with Crippen LogP contribution in [0.25, 0.3) is 81.7 Å². The molecule has 0 N–H and O–H groups in total. The molecule has 1 nitrogen and oxygen atoms in total. The van der Waals surface area contributed by atoms with E-state index in [0.717, 1.165) is 0 Å². The van der Waals surface area contributed by atoms with Crippen LogP contribution in [0.1, 0.15) is 11.1 Å². The summed E-state index contributed by atoms with van der Waals surface area (Å²) in [6.07, 6.45) is 0. The molecule has 0 radical (unpaired) electrons. The van der Waals surface area contributed by atoms with Crippen molar-refractivity contribution >= 4 is 64.9 Å². The Morgan fingerprint density at radius 3 is 1.56 bits per heavy atom. The molecule has 0 aliphatic carbocycles. The molecule has 0 fully saturated rings. The number of aromatic nitrogens is 1. The molecule has 43 heavy (non-hydrogen) atoms. The Hall–Kier alpha value is -5.40. The summed E-state index contributed by atoms with van der Waals surface area (Å²) in [5.74, 6) is 0. The van der Waals surface area contributed by atoms with Gasteiger partial charge in [0.05, 0.1) is 11.0 Å². The van der Waals surface area contributed by atoms with Crippen LogP contribution in [0.4, 0.5) is 0 Å². The van der Waals surface area contributed by atoms with Crippen LogP contribution in [-0.2, 0) is 0 Å². The van der Waals surface area contributed by atoms with Gasteiger partial charge in [0.2, 0.25) is 0 Å². The molecular weight excluding hydrogens is 518 g/mol. The summed E-state index contributed by atoms with van der Waals surface area (Å²) >= 11 is 0. The molecule has 9 rings (SSSR count). The molecule has 8 aromatic carbocycles. The Labute approximate surface area is 250 Å². The van der Waals surface area contributed by atoms with Crippen molar-refractivity contribution in [1.29, 1.82) is 0 Å². The van der Waals surface area contributed by atoms with Crippen LogP contribution in [0.3, 0.4) is 0 Å². The fraction of sp³-hybridized carbons (Fsp3) is 0.0476. The first-order chi connectivity index (χ1) is 21.1. The number of rotatable bonds is 2. The van der Waals surface area contributed by atoms with Crippen molar-refractivity contribution in [1.82, 2.24) is 4.57 Å². The highest BCUT2D eigenvalue weighted by Crippen LogP contribution is 2.40. The lowest BCUT2D eigenvalue weighted by Gasteiger charge is -2.15. The monoisotopic (exact) mass is 547 g/mol. The van der Waals surface area contributed by atoms with Crippen molar-refractivity contribution in [2.45, 2.75) is 13.8 Å². The van der Waals surface area contributed by atoms with Gasteiger partial charge in [-0.1, -0.05) is 114 Å². The summed E-state index contributed by atoms with van der Waals surface area (Å²) in [4.78, 5) is 0. The lowest BCUT2D eigenvalue weighted by Crippen LogP contribution is -1.93. The highest BCUT2D eigenvalue weighted by molar-refractivity contribution is 6.28. The van der Waals surface area contributed by atoms with Gasteiger partial charge in [-0.3, -0.25) is 0 Å². The molecule has 0 unspecified atom stereocenters. The Kier molecular flexibility index (Phi) is 5.10. The van der Waals surface area contributed by atoms with Crippen molar-refractivity contribution in [3.63, 3.8) is 0 Å². The lowest BCUT2D eigenvalue weighted by atomic mass is 9.89. The third-order valence-electron chi connectivity index (χ3n) is 9.26. The zero-order chi connectivity index (χ0) is 28.7. The van der Waals surface area contributed by atoms with Crippen molar-refractivity contribution in [2.75, 3.05) is 0 Å². The Bertz CT molecular complexity index is 2510. The predicted molar refractivity (Wildman–Crippen MR) is 186 cm³/mol. The van der Waals surface area contributed by atoms with E-state index in [4.69, 9.17) is 0 Å². The number of aryl methyl sites for hydroxylation is 2. The van der Waals surface area contributed by atoms with Crippen LogP contribution < -0.4 is 0 Å². The quantitative estimate of drug-likeness (QED) is 0.150. The second-order valence-corrected chi connectivity index (χ2v) is 11.9. The van der Waals surface area contributed by atoms with E-state index in [-0.39, 0.29) is 0 Å². The lowest BCUT2D eigenvalue weighted by molar-refractivity contribution is 1.18. The first kappa shape index (κ1) is 24.2. The Morgan fingerprint density at radius 1 is 0.372 bits per heavy atom. The molecule has 0 saturated heterocycles. The second-order valence-electron chi connectivity index (χ2n) is 11.9. The highest BCUT2D eigenvalue weighted by atomic mass is 15.0. The van der Waals surface area contributed by atoms with Gasteiger partial charge in [0.25, 0.3) is 0 Å². The minimum atomic E-state index is 1.18. The highest BCUT2D eigenvalue weighted by Gasteiger charge is 2.14. The van der Waals surface area contributed by atoms with E-state index >= 15 is 0 Å². The molecule has 0 aliphatic rings. The van der Waals surface area contributed by atoms with Gasteiger partial charge in [-0.2, -0.15) is 0 Å². The van der Waals surface area contributed by atoms with Gasteiger partial charge in [0.1, 0.15) is 0 Å². The van der Waals surface area contributed by atoms with Crippen LogP contribution in [0.2, 0.25) is 0 Å². The van der Waals surface area contributed by atoms with Crippen LogP contribution in [0.15, 0.2) is 140 Å². The van der Waals surface area contributed by atoms with Gasteiger partial charge in [0, 0.05) is 16.5 Å². The van der Waals surface area contributed by atoms with Crippen molar-refractivity contribution in [3.8, 4) is 16.8 Å². The standard InChI is InChI=1S/C42H29N/c1-26-14-20-32-37(22-26)38-23-27(2)15-21-33(38)40-25-36-29(24-39(32)40)8-7-11-31(36)28-16-18-30(19-17-28)43-41-12-5-3-9-34(41)35-10-4-6-13-42(35)43/h3-25H,1-2H3. The average molecular weight is 548 g/mol. The Morgan fingerprint density at radius 2 is 0.930 bits per heavy atom. The smallest absolute Gasteiger partial charge is 0.0541 e. The summed E-state index contributed by atoms with van der Waals surface area (Å²) in [6.45, 7) is 4.37. The van der Waals surface area contributed by atoms with Crippen molar-refractivity contribution in [3.05, 3.63) is 151 Å². The SMILES string of the molecule is Cc1ccc2c(c1)c1cc(C)ccc1c1cc3c(-c4ccc(-n5c6ccccc6c6ccccc65)cc4)cccc3cc21. The largest absolute Gasteiger partial charge is 0.309 e. The molecule has 9 aromatic rings. The normalized spacial score (nSPS) is 12.0. The van der Waals surface area contributed by atoms with Gasteiger partial charge in [-0.05, 0) is 104 Å². The van der Waals surface area contributed by atoms with Crippen LogP contribution >= 0.6 is 0 Å². The van der Waals surface area contributed by atoms with E-state index < -0.39 is 0 Å². The van der Waals surface area contributed by atoms with E-state index in [2.05, 4.69) is 158 Å². The van der Waals surface area contributed by atoms with E-state index in [1.807, 2.05) is 0 Å². The summed E-state index contributed by atoms with van der Waals surface area (Å²) < 4.78 is 2.38. The molecule has 0 amide bonds. The molecule has 0 saturated carbocycles. The maximum atomic E-state index is 2.43. The predicted octanol–water partition coefficient (Wildman–Crippen LogP) is 11.7. The fourth-order valence-electron chi connectivity index (χ4n) is 7.25. The molecule has 0 spiro atoms. The zero-order valence-electron chi connectivity index (χ0n) is 24.2. The van der Waals surface area contributed by atoms with Gasteiger partial charge < -0.3 is 4.57 Å². The van der Waals surface area contributed by atoms with E-state index in [9.17, 15) is 0 Å². The van der Waals surface area contributed by atoms with E-state index in [1.54, 1.807) is 0 Å². The van der Waals surface area contributed by atoms with Crippen LogP contribution in [-0.4, -0.2) is 4.57 Å². The van der Waals surface area contributed by atoms with Crippen molar-refractivity contribution in [2.24, 2.45) is 0 Å². The second kappa shape index (κ2) is 9.05. The Balaban J connectivity index is 1.27. The summed E-state index contributed by atoms with van der Waals surface area (Å²) in [5, 5.41) is 13.1. The zero-order valence-corrected chi connectivity index (χ0v) is 24.2. The number of para-hydroxylation sites is 2. The van der Waals surface area contributed by atoms with E-state index in [1.165, 1.54) is 92.8 Å². The van der Waals surface area contributed by atoms with Gasteiger partial charge in [-0.15, -0.1) is 0 Å². The first-order valence-electron chi connectivity index (χ1n) is 15.0. The molecule has 0 aliphatic heterocycles. The van der Waals surface area contributed by atoms with Crippen LogP contribution in [0, 0.1) is 13.8 Å². The number of hydrogen-bond donors (Lipinski definition) is 0. The van der Waals surface area contributed by atoms with E-state index in [0.29, 0.717) is 0 Å². The fourth-order valence-corrected chi connectivity index (χ4v) is 7.25. The molecule has 1 heteroatoms. The summed E-state index contributed by atoms with van der Waals surface area (Å²) in [7, 11) is 0. The number of nitrogens with zero attached hydrogens (tertiary/aromatic N) is 1. The van der Waals surface area contributed by atoms with Crippen LogP contribution in [0.5, 0.6) is 0 Å². The maximum absolute atomic E-state index is 2.43. The van der Waals surface area contributed by atoms with Crippen molar-refractivity contribution < 1.29 is 0 Å². The summed E-state index contributed by atoms with van der Waals surface area (Å²) in [5.41, 5.74) is 8.72. The molecule has 202 valence electrons. The molecule has 0 bridgehead atoms. The number of benzene rings is 8. The average Bonchev–Trinajstić information content (AvgIpc) is 3.38. The first-order valence-corrected chi connectivity index (χ1v) is 15.0. The number of fused-ring (bicyclic) bond motifs is 10. The van der Waals surface area contributed by atoms with Gasteiger partial charge >= 0.3 is 0 Å². The number of hydrogen-bond acceptors (Lipinski definition) is 0. The van der Waals surface area contributed by atoms with Gasteiger partial charge in [-0.25, -0.2) is 0 Å². The maximum Gasteiger partial charge on any atom is 0.0541 e. The molecule has 0 atom stereocenters. The molecular formula is C42H29N. The minimum absolute atomic E-state index is 1.18. The minimum Gasteiger partial charge on any atom is -0.309 e. The molecule has 1 heterocycles.